The predicted octanol–water partition coefficient (Wildman–Crippen LogP) is 2.71. The maximum Gasteiger partial charge on any atom is 0.324 e. The summed E-state index contributed by atoms with van der Waals surface area (Å²) in [5.41, 5.74) is 0. The third-order valence-electron chi connectivity index (χ3n) is 3.41. The third kappa shape index (κ3) is 3.18. The van der Waals surface area contributed by atoms with Crippen molar-refractivity contribution in [3.8, 4) is 0 Å². The zero-order chi connectivity index (χ0) is 15.6. The van der Waals surface area contributed by atoms with Gasteiger partial charge in [0.25, 0.3) is 0 Å². The first kappa shape index (κ1) is 16.5. The number of carbonyl (C=O) groups excluding carboxylic acids is 1. The Balaban J connectivity index is 2.48. The number of benzene rings is 1. The zero-order valence-corrected chi connectivity index (χ0v) is 13.7. The van der Waals surface area contributed by atoms with E-state index in [1.807, 2.05) is 0 Å². The lowest BCUT2D eigenvalue weighted by molar-refractivity contribution is -0.146. The van der Waals surface area contributed by atoms with Crippen LogP contribution < -0.4 is 0 Å². The fourth-order valence-electron chi connectivity index (χ4n) is 2.41. The summed E-state index contributed by atoms with van der Waals surface area (Å²) >= 11 is 12.0. The normalized spacial score (nSPS) is 20.2. The highest BCUT2D eigenvalue weighted by molar-refractivity contribution is 7.89. The first-order chi connectivity index (χ1) is 9.89. The molecule has 1 saturated heterocycles. The number of esters is 1. The Morgan fingerprint density at radius 2 is 1.90 bits per heavy atom. The molecule has 1 atom stereocenters. The summed E-state index contributed by atoms with van der Waals surface area (Å²) < 4.78 is 31.5. The molecule has 0 bridgehead atoms. The van der Waals surface area contributed by atoms with Gasteiger partial charge in [-0.2, -0.15) is 4.31 Å². The molecule has 0 radical (unpaired) electrons. The van der Waals surface area contributed by atoms with Crippen molar-refractivity contribution in [2.24, 2.45) is 0 Å². The van der Waals surface area contributed by atoms with Gasteiger partial charge in [-0.15, -0.1) is 0 Å². The second kappa shape index (κ2) is 6.52. The number of rotatable bonds is 3. The van der Waals surface area contributed by atoms with E-state index in [-0.39, 0.29) is 21.5 Å². The minimum atomic E-state index is -3.96. The maximum absolute atomic E-state index is 12.8. The highest BCUT2D eigenvalue weighted by Crippen LogP contribution is 2.34. The van der Waals surface area contributed by atoms with Crippen molar-refractivity contribution >= 4 is 39.2 Å². The number of hydrogen-bond donors (Lipinski definition) is 0. The van der Waals surface area contributed by atoms with Gasteiger partial charge in [0.1, 0.15) is 10.9 Å². The maximum atomic E-state index is 12.8. The average Bonchev–Trinajstić information content (AvgIpc) is 2.46. The number of methoxy groups -OCH3 is 1. The van der Waals surface area contributed by atoms with E-state index in [0.29, 0.717) is 12.8 Å². The first-order valence-corrected chi connectivity index (χ1v) is 8.63. The molecule has 2 rings (SSSR count). The molecule has 8 heteroatoms. The Labute approximate surface area is 133 Å². The predicted molar refractivity (Wildman–Crippen MR) is 80.0 cm³/mol. The molecule has 1 aliphatic rings. The topological polar surface area (TPSA) is 63.7 Å². The highest BCUT2D eigenvalue weighted by Gasteiger charge is 2.39. The van der Waals surface area contributed by atoms with Crippen LogP contribution in [0.5, 0.6) is 0 Å². The average molecular weight is 352 g/mol. The summed E-state index contributed by atoms with van der Waals surface area (Å²) in [4.78, 5) is 11.7. The van der Waals surface area contributed by atoms with Gasteiger partial charge in [-0.25, -0.2) is 8.42 Å². The summed E-state index contributed by atoms with van der Waals surface area (Å²) in [6.45, 7) is 0.240. The van der Waals surface area contributed by atoms with E-state index >= 15 is 0 Å². The Morgan fingerprint density at radius 1 is 1.29 bits per heavy atom. The van der Waals surface area contributed by atoms with Crippen LogP contribution in [0.4, 0.5) is 0 Å². The molecule has 21 heavy (non-hydrogen) atoms. The molecule has 0 aliphatic carbocycles. The molecule has 1 aliphatic heterocycles. The van der Waals surface area contributed by atoms with E-state index in [1.165, 1.54) is 19.2 Å². The lowest BCUT2D eigenvalue weighted by atomic mass is 10.1. The van der Waals surface area contributed by atoms with E-state index in [1.54, 1.807) is 6.07 Å². The van der Waals surface area contributed by atoms with Gasteiger partial charge in [0.05, 0.1) is 17.2 Å². The molecule has 1 aromatic carbocycles. The second-order valence-electron chi connectivity index (χ2n) is 4.70. The minimum absolute atomic E-state index is 0.0386. The van der Waals surface area contributed by atoms with Crippen LogP contribution in [-0.4, -0.2) is 38.4 Å². The van der Waals surface area contributed by atoms with Gasteiger partial charge in [0, 0.05) is 6.54 Å². The number of nitrogens with zero attached hydrogens (tertiary/aromatic N) is 1. The van der Waals surface area contributed by atoms with Crippen molar-refractivity contribution in [2.75, 3.05) is 13.7 Å². The van der Waals surface area contributed by atoms with Gasteiger partial charge in [0.15, 0.2) is 0 Å². The molecule has 1 fully saturated rings. The fraction of sp³-hybridized carbons (Fsp3) is 0.462. The molecule has 1 aromatic rings. The van der Waals surface area contributed by atoms with E-state index in [2.05, 4.69) is 0 Å². The lowest BCUT2D eigenvalue weighted by Crippen LogP contribution is -2.48. The smallest absolute Gasteiger partial charge is 0.324 e. The standard InChI is InChI=1S/C13H15Cl2NO4S/c1-20-13(17)11-7-2-3-8-16(11)21(18,19)12-9(14)5-4-6-10(12)15/h4-6,11H,2-3,7-8H2,1H3. The number of hydrogen-bond acceptors (Lipinski definition) is 4. The van der Waals surface area contributed by atoms with Crippen LogP contribution in [0.15, 0.2) is 23.1 Å². The number of sulfonamides is 1. The molecule has 0 N–H and O–H groups in total. The van der Waals surface area contributed by atoms with Crippen LogP contribution in [0.3, 0.4) is 0 Å². The molecule has 116 valence electrons. The quantitative estimate of drug-likeness (QED) is 0.785. The van der Waals surface area contributed by atoms with Gasteiger partial charge in [0.2, 0.25) is 10.0 Å². The van der Waals surface area contributed by atoms with Crippen molar-refractivity contribution in [3.63, 3.8) is 0 Å². The molecular formula is C13H15Cl2NO4S. The summed E-state index contributed by atoms with van der Waals surface area (Å²) in [6, 6.07) is 3.65. The Morgan fingerprint density at radius 3 is 2.48 bits per heavy atom. The third-order valence-corrected chi connectivity index (χ3v) is 6.28. The van der Waals surface area contributed by atoms with Crippen molar-refractivity contribution < 1.29 is 17.9 Å². The SMILES string of the molecule is COC(=O)C1CCCCN1S(=O)(=O)c1c(Cl)cccc1Cl. The van der Waals surface area contributed by atoms with Gasteiger partial charge < -0.3 is 4.74 Å². The molecule has 1 unspecified atom stereocenters. The lowest BCUT2D eigenvalue weighted by Gasteiger charge is -2.33. The summed E-state index contributed by atoms with van der Waals surface area (Å²) in [6.07, 6.45) is 1.87. The summed E-state index contributed by atoms with van der Waals surface area (Å²) in [5, 5.41) is 0.0772. The molecule has 5 nitrogen and oxygen atoms in total. The van der Waals surface area contributed by atoms with Crippen LogP contribution in [0.2, 0.25) is 10.0 Å². The number of carbonyl (C=O) groups is 1. The van der Waals surface area contributed by atoms with E-state index < -0.39 is 22.0 Å². The Hall–Kier alpha value is -0.820. The van der Waals surface area contributed by atoms with Crippen molar-refractivity contribution in [2.45, 2.75) is 30.2 Å². The summed E-state index contributed by atoms with van der Waals surface area (Å²) in [5.74, 6) is -0.568. The van der Waals surface area contributed by atoms with Crippen molar-refractivity contribution in [3.05, 3.63) is 28.2 Å². The first-order valence-electron chi connectivity index (χ1n) is 6.43. The van der Waals surface area contributed by atoms with Gasteiger partial charge in [-0.1, -0.05) is 29.3 Å². The van der Waals surface area contributed by atoms with Crippen LogP contribution in [0, 0.1) is 0 Å². The number of halogens is 2. The van der Waals surface area contributed by atoms with E-state index in [0.717, 1.165) is 10.7 Å². The molecule has 0 amide bonds. The van der Waals surface area contributed by atoms with Gasteiger partial charge >= 0.3 is 5.97 Å². The largest absolute Gasteiger partial charge is 0.468 e. The van der Waals surface area contributed by atoms with Crippen molar-refractivity contribution in [1.29, 1.82) is 0 Å². The Bertz CT molecular complexity index is 627. The number of piperidine rings is 1. The van der Waals surface area contributed by atoms with Crippen molar-refractivity contribution in [1.82, 2.24) is 4.31 Å². The number of ether oxygens (including phenoxy) is 1. The molecule has 0 aromatic heterocycles. The highest BCUT2D eigenvalue weighted by atomic mass is 35.5. The zero-order valence-electron chi connectivity index (χ0n) is 11.4. The van der Waals surface area contributed by atoms with Gasteiger partial charge in [-0.05, 0) is 31.4 Å². The second-order valence-corrected chi connectivity index (χ2v) is 7.34. The van der Waals surface area contributed by atoms with Gasteiger partial charge in [-0.3, -0.25) is 4.79 Å². The molecule has 0 saturated carbocycles. The monoisotopic (exact) mass is 351 g/mol. The Kier molecular flexibility index (Phi) is 5.14. The van der Waals surface area contributed by atoms with E-state index in [4.69, 9.17) is 27.9 Å². The van der Waals surface area contributed by atoms with Crippen LogP contribution in [0.1, 0.15) is 19.3 Å². The minimum Gasteiger partial charge on any atom is -0.468 e. The molecule has 0 spiro atoms. The van der Waals surface area contributed by atoms with Crippen LogP contribution in [-0.2, 0) is 19.6 Å². The fourth-order valence-corrected chi connectivity index (χ4v) is 5.15. The van der Waals surface area contributed by atoms with Crippen LogP contribution in [0.25, 0.3) is 0 Å². The van der Waals surface area contributed by atoms with E-state index in [9.17, 15) is 13.2 Å². The van der Waals surface area contributed by atoms with Crippen LogP contribution >= 0.6 is 23.2 Å². The molecule has 1 heterocycles. The molecular weight excluding hydrogens is 337 g/mol. The summed E-state index contributed by atoms with van der Waals surface area (Å²) in [7, 11) is -2.72.